The van der Waals surface area contributed by atoms with E-state index >= 15 is 0 Å². The molecule has 2 heterocycles. The predicted octanol–water partition coefficient (Wildman–Crippen LogP) is 6.40. The lowest BCUT2D eigenvalue weighted by molar-refractivity contribution is -0.142. The van der Waals surface area contributed by atoms with Crippen molar-refractivity contribution in [3.8, 4) is 0 Å². The Balaban J connectivity index is 0.00000226. The first-order valence-corrected chi connectivity index (χ1v) is 15.8. The highest BCUT2D eigenvalue weighted by molar-refractivity contribution is 6.32. The molecule has 2 aliphatic rings. The molecular formula is C33H49ClN4O3. The molecule has 41 heavy (non-hydrogen) atoms. The topological polar surface area (TPSA) is 94.6 Å². The zero-order valence-electron chi connectivity index (χ0n) is 25.6. The highest BCUT2D eigenvalue weighted by Crippen LogP contribution is 2.52. The number of hydrogen-bond donors (Lipinski definition) is 3. The number of hydrogen-bond acceptors (Lipinski definition) is 5. The molecular weight excluding hydrogens is 536 g/mol. The Morgan fingerprint density at radius 2 is 1.90 bits per heavy atom. The fourth-order valence-electron chi connectivity index (χ4n) is 5.78. The maximum atomic E-state index is 13.3. The molecule has 2 aromatic rings. The quantitative estimate of drug-likeness (QED) is 0.222. The summed E-state index contributed by atoms with van der Waals surface area (Å²) in [5, 5.41) is 16.8. The van der Waals surface area contributed by atoms with E-state index in [0.29, 0.717) is 36.7 Å². The average Bonchev–Trinajstić information content (AvgIpc) is 3.75. The summed E-state index contributed by atoms with van der Waals surface area (Å²) in [6.07, 6.45) is 6.96. The minimum absolute atomic E-state index is 0.228. The van der Waals surface area contributed by atoms with Crippen molar-refractivity contribution in [2.75, 3.05) is 31.5 Å². The molecule has 4 rings (SSSR count). The van der Waals surface area contributed by atoms with E-state index in [0.717, 1.165) is 74.4 Å². The van der Waals surface area contributed by atoms with Crippen molar-refractivity contribution in [3.05, 3.63) is 57.7 Å². The molecule has 1 aliphatic heterocycles. The van der Waals surface area contributed by atoms with Crippen molar-refractivity contribution in [1.29, 1.82) is 0 Å². The van der Waals surface area contributed by atoms with E-state index in [1.54, 1.807) is 6.07 Å². The van der Waals surface area contributed by atoms with Crippen LogP contribution in [0.3, 0.4) is 0 Å². The number of halogens is 1. The Morgan fingerprint density at radius 3 is 2.56 bits per heavy atom. The molecule has 0 saturated heterocycles. The molecule has 3 N–H and O–H groups in total. The van der Waals surface area contributed by atoms with Crippen molar-refractivity contribution in [3.63, 3.8) is 0 Å². The molecule has 8 heteroatoms. The van der Waals surface area contributed by atoms with Gasteiger partial charge in [-0.2, -0.15) is 0 Å². The number of amides is 1. The van der Waals surface area contributed by atoms with Crippen LogP contribution in [0.4, 0.5) is 5.82 Å². The smallest absolute Gasteiger partial charge is 0.326 e. The van der Waals surface area contributed by atoms with Crippen LogP contribution in [0, 0.1) is 12.8 Å². The fraction of sp³-hybridized carbons (Fsp3) is 0.606. The van der Waals surface area contributed by atoms with Gasteiger partial charge in [0.05, 0.1) is 5.41 Å². The maximum absolute atomic E-state index is 13.3. The Hall–Kier alpha value is -2.64. The third kappa shape index (κ3) is 8.92. The second-order valence-electron chi connectivity index (χ2n) is 11.7. The standard InChI is InChI=1S/C31H43ClN4O3.C2H6/c1-21(2)20-36(18-5-4-10-24-13-12-23-9-7-17-33-28(23)34-24)19-14-26(29(37)38)35-30(39)31(15-16-31)27-22(3)8-6-11-25(27)32;1-2/h6,8,11-13,21,26H,4-5,7,9-10,14-20H2,1-3H3,(H,33,34)(H,35,39)(H,37,38);1-2H3. The molecule has 1 fully saturated rings. The number of nitrogens with zero attached hydrogens (tertiary/aromatic N) is 2. The molecule has 1 aliphatic carbocycles. The van der Waals surface area contributed by atoms with Crippen molar-refractivity contribution < 1.29 is 14.7 Å². The molecule has 1 atom stereocenters. The second kappa shape index (κ2) is 15.5. The summed E-state index contributed by atoms with van der Waals surface area (Å²) in [7, 11) is 0. The lowest BCUT2D eigenvalue weighted by atomic mass is 9.90. The zero-order valence-corrected chi connectivity index (χ0v) is 26.3. The molecule has 7 nitrogen and oxygen atoms in total. The van der Waals surface area contributed by atoms with Gasteiger partial charge < -0.3 is 20.6 Å². The molecule has 0 spiro atoms. The number of aromatic nitrogens is 1. The summed E-state index contributed by atoms with van der Waals surface area (Å²) >= 11 is 6.47. The molecule has 1 aromatic heterocycles. The largest absolute Gasteiger partial charge is 0.480 e. The summed E-state index contributed by atoms with van der Waals surface area (Å²) in [6, 6.07) is 9.04. The van der Waals surface area contributed by atoms with E-state index in [4.69, 9.17) is 16.6 Å². The lowest BCUT2D eigenvalue weighted by Crippen LogP contribution is -2.47. The minimum Gasteiger partial charge on any atom is -0.480 e. The lowest BCUT2D eigenvalue weighted by Gasteiger charge is -2.27. The van der Waals surface area contributed by atoms with Crippen LogP contribution < -0.4 is 10.6 Å². The summed E-state index contributed by atoms with van der Waals surface area (Å²) in [4.78, 5) is 32.6. The maximum Gasteiger partial charge on any atom is 0.326 e. The van der Waals surface area contributed by atoms with Crippen LogP contribution in [0.25, 0.3) is 0 Å². The monoisotopic (exact) mass is 584 g/mol. The SMILES string of the molecule is CC.Cc1cccc(Cl)c1C1(C(=O)NC(CCN(CCCCc2ccc3c(n2)NCCC3)CC(C)C)C(=O)O)CC1. The van der Waals surface area contributed by atoms with Crippen LogP contribution in [0.15, 0.2) is 30.3 Å². The van der Waals surface area contributed by atoms with Gasteiger partial charge in [-0.25, -0.2) is 9.78 Å². The highest BCUT2D eigenvalue weighted by Gasteiger charge is 2.53. The fourth-order valence-corrected chi connectivity index (χ4v) is 6.18. The Kier molecular flexibility index (Phi) is 12.5. The van der Waals surface area contributed by atoms with Crippen LogP contribution in [0.1, 0.15) is 88.6 Å². The van der Waals surface area contributed by atoms with Gasteiger partial charge in [0.15, 0.2) is 0 Å². The minimum atomic E-state index is -0.994. The first kappa shape index (κ1) is 32.9. The number of nitrogens with one attached hydrogen (secondary N) is 2. The normalized spacial score (nSPS) is 15.8. The van der Waals surface area contributed by atoms with E-state index in [1.807, 2.05) is 32.9 Å². The van der Waals surface area contributed by atoms with E-state index in [-0.39, 0.29) is 5.91 Å². The van der Waals surface area contributed by atoms with Crippen LogP contribution in [0.5, 0.6) is 0 Å². The number of carbonyl (C=O) groups excluding carboxylic acids is 1. The second-order valence-corrected chi connectivity index (χ2v) is 12.1. The number of carboxylic acid groups (broad SMARTS) is 1. The Bertz CT molecular complexity index is 1140. The van der Waals surface area contributed by atoms with Crippen LogP contribution in [0.2, 0.25) is 5.02 Å². The van der Waals surface area contributed by atoms with Crippen LogP contribution in [-0.2, 0) is 27.8 Å². The molecule has 226 valence electrons. The van der Waals surface area contributed by atoms with Gasteiger partial charge in [0.1, 0.15) is 11.9 Å². The molecule has 0 radical (unpaired) electrons. The van der Waals surface area contributed by atoms with Gasteiger partial charge in [-0.15, -0.1) is 0 Å². The van der Waals surface area contributed by atoms with E-state index in [1.165, 1.54) is 5.56 Å². The van der Waals surface area contributed by atoms with E-state index < -0.39 is 17.4 Å². The van der Waals surface area contributed by atoms with Crippen molar-refractivity contribution in [1.82, 2.24) is 15.2 Å². The number of pyridine rings is 1. The highest BCUT2D eigenvalue weighted by atomic mass is 35.5. The molecule has 1 amide bonds. The van der Waals surface area contributed by atoms with E-state index in [2.05, 4.69) is 41.5 Å². The third-order valence-corrected chi connectivity index (χ3v) is 8.27. The summed E-state index contributed by atoms with van der Waals surface area (Å²) in [5.74, 6) is 0.286. The third-order valence-electron chi connectivity index (χ3n) is 7.95. The van der Waals surface area contributed by atoms with Gasteiger partial charge >= 0.3 is 5.97 Å². The van der Waals surface area contributed by atoms with Crippen molar-refractivity contribution in [2.45, 2.75) is 97.4 Å². The van der Waals surface area contributed by atoms with Gasteiger partial charge in [0, 0.05) is 30.4 Å². The Labute approximate surface area is 251 Å². The predicted molar refractivity (Wildman–Crippen MR) is 168 cm³/mol. The first-order valence-electron chi connectivity index (χ1n) is 15.4. The number of benzene rings is 1. The summed E-state index contributed by atoms with van der Waals surface area (Å²) in [6.45, 7) is 13.7. The Morgan fingerprint density at radius 1 is 1.15 bits per heavy atom. The number of rotatable bonds is 14. The van der Waals surface area contributed by atoms with Crippen LogP contribution in [-0.4, -0.2) is 59.1 Å². The van der Waals surface area contributed by atoms with Crippen molar-refractivity contribution in [2.24, 2.45) is 5.92 Å². The van der Waals surface area contributed by atoms with Gasteiger partial charge in [-0.1, -0.05) is 57.5 Å². The first-order chi connectivity index (χ1) is 19.7. The number of anilines is 1. The number of aryl methyl sites for hydroxylation is 3. The van der Waals surface area contributed by atoms with Crippen molar-refractivity contribution >= 4 is 29.3 Å². The van der Waals surface area contributed by atoms with Gasteiger partial charge in [0.25, 0.3) is 0 Å². The number of unbranched alkanes of at least 4 members (excludes halogenated alkanes) is 1. The average molecular weight is 585 g/mol. The molecule has 1 saturated carbocycles. The molecule has 1 unspecified atom stereocenters. The summed E-state index contributed by atoms with van der Waals surface area (Å²) in [5.41, 5.74) is 3.51. The number of carbonyl (C=O) groups is 2. The van der Waals surface area contributed by atoms with E-state index in [9.17, 15) is 14.7 Å². The zero-order chi connectivity index (χ0) is 30.0. The number of aliphatic carboxylic acids is 1. The van der Waals surface area contributed by atoms with Gasteiger partial charge in [0.2, 0.25) is 5.91 Å². The van der Waals surface area contributed by atoms with Crippen LogP contribution >= 0.6 is 11.6 Å². The van der Waals surface area contributed by atoms with Gasteiger partial charge in [-0.3, -0.25) is 4.79 Å². The summed E-state index contributed by atoms with van der Waals surface area (Å²) < 4.78 is 0. The number of carboxylic acids is 1. The molecule has 1 aromatic carbocycles. The van der Waals surface area contributed by atoms with Gasteiger partial charge in [-0.05, 0) is 99.6 Å². The molecule has 0 bridgehead atoms. The number of fused-ring (bicyclic) bond motifs is 1.